The van der Waals surface area contributed by atoms with Gasteiger partial charge in [-0.1, -0.05) is 13.8 Å². The maximum atomic E-state index is 11.2. The largest absolute Gasteiger partial charge is 0.492 e. The minimum absolute atomic E-state index is 0.274. The topological polar surface area (TPSA) is 38.8 Å². The van der Waals surface area contributed by atoms with E-state index < -0.39 is 0 Å². The number of esters is 1. The Morgan fingerprint density at radius 3 is 2.50 bits per heavy atom. The number of nitrogens with zero attached hydrogens (tertiary/aromatic N) is 1. The van der Waals surface area contributed by atoms with Gasteiger partial charge in [-0.15, -0.1) is 0 Å². The lowest BCUT2D eigenvalue weighted by atomic mass is 10.00. The standard InChI is InChI=1S/C18H27NO3/c1-13(2)16-12-17(14(3)11-18(16)22-15(4)20)21-10-9-19-7-5-6-8-19/h11-13H,5-10H2,1-4H3. The molecule has 1 aromatic carbocycles. The fourth-order valence-corrected chi connectivity index (χ4v) is 2.82. The molecule has 1 fully saturated rings. The molecule has 1 aromatic rings. The molecule has 0 aliphatic carbocycles. The average Bonchev–Trinajstić information content (AvgIpc) is 2.93. The van der Waals surface area contributed by atoms with E-state index >= 15 is 0 Å². The van der Waals surface area contributed by atoms with E-state index in [9.17, 15) is 4.79 Å². The first kappa shape index (κ1) is 16.8. The molecule has 0 unspecified atom stereocenters. The van der Waals surface area contributed by atoms with E-state index in [1.54, 1.807) is 0 Å². The molecular weight excluding hydrogens is 278 g/mol. The lowest BCUT2D eigenvalue weighted by Gasteiger charge is -2.19. The first-order valence-corrected chi connectivity index (χ1v) is 8.15. The molecule has 0 radical (unpaired) electrons. The summed E-state index contributed by atoms with van der Waals surface area (Å²) in [5.41, 5.74) is 2.01. The highest BCUT2D eigenvalue weighted by Crippen LogP contribution is 2.33. The third-order valence-corrected chi connectivity index (χ3v) is 4.05. The van der Waals surface area contributed by atoms with Crippen LogP contribution in [-0.2, 0) is 4.79 Å². The van der Waals surface area contributed by atoms with Gasteiger partial charge in [-0.25, -0.2) is 0 Å². The summed E-state index contributed by atoms with van der Waals surface area (Å²) in [5.74, 6) is 1.52. The van der Waals surface area contributed by atoms with Crippen molar-refractivity contribution in [1.29, 1.82) is 0 Å². The highest BCUT2D eigenvalue weighted by molar-refractivity contribution is 5.70. The van der Waals surface area contributed by atoms with E-state index in [1.807, 2.05) is 19.1 Å². The van der Waals surface area contributed by atoms with Crippen molar-refractivity contribution < 1.29 is 14.3 Å². The molecule has 4 heteroatoms. The first-order valence-electron chi connectivity index (χ1n) is 8.15. The van der Waals surface area contributed by atoms with Crippen molar-refractivity contribution in [3.63, 3.8) is 0 Å². The maximum Gasteiger partial charge on any atom is 0.308 e. The molecule has 0 bridgehead atoms. The van der Waals surface area contributed by atoms with Crippen LogP contribution < -0.4 is 9.47 Å². The van der Waals surface area contributed by atoms with E-state index in [2.05, 4.69) is 18.7 Å². The quantitative estimate of drug-likeness (QED) is 0.595. The zero-order chi connectivity index (χ0) is 16.1. The van der Waals surface area contributed by atoms with Crippen molar-refractivity contribution in [2.75, 3.05) is 26.2 Å². The monoisotopic (exact) mass is 305 g/mol. The van der Waals surface area contributed by atoms with Gasteiger partial charge >= 0.3 is 5.97 Å². The Kier molecular flexibility index (Phi) is 5.83. The zero-order valence-electron chi connectivity index (χ0n) is 14.1. The van der Waals surface area contributed by atoms with E-state index in [0.29, 0.717) is 12.4 Å². The highest BCUT2D eigenvalue weighted by Gasteiger charge is 2.15. The van der Waals surface area contributed by atoms with Crippen LogP contribution in [0.4, 0.5) is 0 Å². The summed E-state index contributed by atoms with van der Waals surface area (Å²) in [6.45, 7) is 11.6. The van der Waals surface area contributed by atoms with Gasteiger partial charge in [-0.2, -0.15) is 0 Å². The summed E-state index contributed by atoms with van der Waals surface area (Å²) in [7, 11) is 0. The second-order valence-corrected chi connectivity index (χ2v) is 6.30. The van der Waals surface area contributed by atoms with E-state index in [4.69, 9.17) is 9.47 Å². The van der Waals surface area contributed by atoms with Crippen molar-refractivity contribution in [2.45, 2.75) is 46.5 Å². The Morgan fingerprint density at radius 2 is 1.91 bits per heavy atom. The lowest BCUT2D eigenvalue weighted by Crippen LogP contribution is -2.25. The van der Waals surface area contributed by atoms with Gasteiger partial charge in [0.25, 0.3) is 0 Å². The minimum Gasteiger partial charge on any atom is -0.492 e. The normalized spacial score (nSPS) is 15.3. The Morgan fingerprint density at radius 1 is 1.23 bits per heavy atom. The Bertz CT molecular complexity index is 519. The van der Waals surface area contributed by atoms with Crippen LogP contribution in [-0.4, -0.2) is 37.1 Å². The molecule has 1 aliphatic rings. The SMILES string of the molecule is CC(=O)Oc1cc(C)c(OCCN2CCCC2)cc1C(C)C. The number of likely N-dealkylation sites (tertiary alicyclic amines) is 1. The number of carbonyl (C=O) groups is 1. The molecule has 1 aliphatic heterocycles. The molecule has 122 valence electrons. The van der Waals surface area contributed by atoms with Gasteiger partial charge in [-0.3, -0.25) is 9.69 Å². The summed E-state index contributed by atoms with van der Waals surface area (Å²) in [6.07, 6.45) is 2.60. The maximum absolute atomic E-state index is 11.2. The lowest BCUT2D eigenvalue weighted by molar-refractivity contribution is -0.131. The number of carbonyl (C=O) groups excluding carboxylic acids is 1. The molecule has 4 nitrogen and oxygen atoms in total. The van der Waals surface area contributed by atoms with Crippen molar-refractivity contribution in [1.82, 2.24) is 4.90 Å². The molecule has 0 atom stereocenters. The molecular formula is C18H27NO3. The summed E-state index contributed by atoms with van der Waals surface area (Å²) >= 11 is 0. The van der Waals surface area contributed by atoms with Crippen LogP contribution in [0.5, 0.6) is 11.5 Å². The van der Waals surface area contributed by atoms with E-state index in [1.165, 1.54) is 32.9 Å². The van der Waals surface area contributed by atoms with Crippen LogP contribution in [0, 0.1) is 6.92 Å². The van der Waals surface area contributed by atoms with Crippen molar-refractivity contribution in [3.8, 4) is 11.5 Å². The van der Waals surface area contributed by atoms with Gasteiger partial charge in [-0.05, 0) is 56.5 Å². The van der Waals surface area contributed by atoms with Crippen LogP contribution >= 0.6 is 0 Å². The predicted octanol–water partition coefficient (Wildman–Crippen LogP) is 3.52. The number of benzene rings is 1. The van der Waals surface area contributed by atoms with E-state index in [0.717, 1.165) is 23.4 Å². The molecule has 0 spiro atoms. The van der Waals surface area contributed by atoms with Crippen LogP contribution in [0.2, 0.25) is 0 Å². The Balaban J connectivity index is 2.06. The van der Waals surface area contributed by atoms with Crippen LogP contribution in [0.3, 0.4) is 0 Å². The van der Waals surface area contributed by atoms with Crippen molar-refractivity contribution in [3.05, 3.63) is 23.3 Å². The molecule has 1 saturated heterocycles. The summed E-state index contributed by atoms with van der Waals surface area (Å²) < 4.78 is 11.3. The smallest absolute Gasteiger partial charge is 0.308 e. The van der Waals surface area contributed by atoms with Gasteiger partial charge < -0.3 is 9.47 Å². The number of hydrogen-bond donors (Lipinski definition) is 0. The molecule has 0 aromatic heterocycles. The van der Waals surface area contributed by atoms with Gasteiger partial charge in [0, 0.05) is 19.0 Å². The number of rotatable bonds is 6. The second-order valence-electron chi connectivity index (χ2n) is 6.30. The third kappa shape index (κ3) is 4.47. The minimum atomic E-state index is -0.288. The van der Waals surface area contributed by atoms with Crippen LogP contribution in [0.25, 0.3) is 0 Å². The molecule has 1 heterocycles. The summed E-state index contributed by atoms with van der Waals surface area (Å²) in [4.78, 5) is 13.7. The second kappa shape index (κ2) is 7.63. The van der Waals surface area contributed by atoms with Crippen LogP contribution in [0.1, 0.15) is 50.7 Å². The van der Waals surface area contributed by atoms with E-state index in [-0.39, 0.29) is 11.9 Å². The fraction of sp³-hybridized carbons (Fsp3) is 0.611. The Hall–Kier alpha value is -1.55. The molecule has 0 saturated carbocycles. The molecule has 2 rings (SSSR count). The zero-order valence-corrected chi connectivity index (χ0v) is 14.1. The number of aryl methyl sites for hydroxylation is 1. The van der Waals surface area contributed by atoms with Crippen molar-refractivity contribution in [2.24, 2.45) is 0 Å². The van der Waals surface area contributed by atoms with Crippen LogP contribution in [0.15, 0.2) is 12.1 Å². The molecule has 0 amide bonds. The molecule has 22 heavy (non-hydrogen) atoms. The molecule has 0 N–H and O–H groups in total. The first-order chi connectivity index (χ1) is 10.5. The predicted molar refractivity (Wildman–Crippen MR) is 87.7 cm³/mol. The highest BCUT2D eigenvalue weighted by atomic mass is 16.5. The Labute approximate surface area is 133 Å². The van der Waals surface area contributed by atoms with Gasteiger partial charge in [0.2, 0.25) is 0 Å². The number of hydrogen-bond acceptors (Lipinski definition) is 4. The third-order valence-electron chi connectivity index (χ3n) is 4.05. The summed E-state index contributed by atoms with van der Waals surface area (Å²) in [6, 6.07) is 3.92. The van der Waals surface area contributed by atoms with Gasteiger partial charge in [0.15, 0.2) is 0 Å². The van der Waals surface area contributed by atoms with Gasteiger partial charge in [0.1, 0.15) is 18.1 Å². The fourth-order valence-electron chi connectivity index (χ4n) is 2.82. The summed E-state index contributed by atoms with van der Waals surface area (Å²) in [5, 5.41) is 0. The number of ether oxygens (including phenoxy) is 2. The van der Waals surface area contributed by atoms with Crippen molar-refractivity contribution >= 4 is 5.97 Å². The average molecular weight is 305 g/mol. The van der Waals surface area contributed by atoms with Gasteiger partial charge in [0.05, 0.1) is 0 Å².